The molecule has 0 N–H and O–H groups in total. The van der Waals surface area contributed by atoms with Gasteiger partial charge in [-0.25, -0.2) is 4.79 Å². The van der Waals surface area contributed by atoms with E-state index in [-0.39, 0.29) is 5.97 Å². The summed E-state index contributed by atoms with van der Waals surface area (Å²) in [5.74, 6) is -0.341. The van der Waals surface area contributed by atoms with Gasteiger partial charge in [0.15, 0.2) is 12.1 Å². The van der Waals surface area contributed by atoms with E-state index in [1.165, 1.54) is 12.1 Å². The molecule has 0 aromatic carbocycles. The summed E-state index contributed by atoms with van der Waals surface area (Å²) in [6.07, 6.45) is 2.02. The van der Waals surface area contributed by atoms with Gasteiger partial charge in [0, 0.05) is 6.08 Å². The summed E-state index contributed by atoms with van der Waals surface area (Å²) in [5.41, 5.74) is 0. The second kappa shape index (κ2) is 11.9. The predicted octanol–water partition coefficient (Wildman–Crippen LogP) is 1.16. The second-order valence-corrected chi connectivity index (χ2v) is 1.60. The highest BCUT2D eigenvalue weighted by Gasteiger charge is 1.89. The minimum Gasteiger partial charge on any atom is -0.463 e. The highest BCUT2D eigenvalue weighted by atomic mass is 16.5. The molecule has 64 valence electrons. The van der Waals surface area contributed by atoms with Crippen LogP contribution in [0.15, 0.2) is 12.7 Å². The fourth-order valence-corrected chi connectivity index (χ4v) is 0.262. The summed E-state index contributed by atoms with van der Waals surface area (Å²) in [6, 6.07) is 2.47. The summed E-state index contributed by atoms with van der Waals surface area (Å²) in [7, 11) is 0. The van der Waals surface area contributed by atoms with Crippen molar-refractivity contribution in [2.75, 3.05) is 6.61 Å². The highest BCUT2D eigenvalue weighted by molar-refractivity contribution is 5.81. The van der Waals surface area contributed by atoms with Crippen molar-refractivity contribution in [2.45, 2.75) is 13.3 Å². The molecular weight excluding hydrogens is 156 g/mol. The maximum absolute atomic E-state index is 10.2. The predicted molar refractivity (Wildman–Crippen MR) is 42.7 cm³/mol. The van der Waals surface area contributed by atoms with Crippen LogP contribution in [0.2, 0.25) is 0 Å². The van der Waals surface area contributed by atoms with Crippen LogP contribution >= 0.6 is 0 Å². The van der Waals surface area contributed by atoms with Crippen molar-refractivity contribution in [1.82, 2.24) is 0 Å². The number of hydrogen-bond acceptors (Lipinski definition) is 4. The van der Waals surface area contributed by atoms with Gasteiger partial charge in [-0.3, -0.25) is 0 Å². The van der Waals surface area contributed by atoms with Crippen LogP contribution < -0.4 is 0 Å². The van der Waals surface area contributed by atoms with E-state index in [9.17, 15) is 4.79 Å². The molecule has 0 aromatic heterocycles. The number of carbonyl (C=O) groups excluding carboxylic acids is 1. The Hall–Kier alpha value is -1.81. The van der Waals surface area contributed by atoms with Crippen LogP contribution in [0.5, 0.6) is 0 Å². The molecule has 4 nitrogen and oxygen atoms in total. The van der Waals surface area contributed by atoms with E-state index < -0.39 is 0 Å². The molecule has 0 amide bonds. The van der Waals surface area contributed by atoms with Crippen molar-refractivity contribution in [1.29, 1.82) is 10.5 Å². The smallest absolute Gasteiger partial charge is 0.330 e. The molecule has 0 spiro atoms. The lowest BCUT2D eigenvalue weighted by molar-refractivity contribution is -0.137. The van der Waals surface area contributed by atoms with Crippen molar-refractivity contribution in [2.24, 2.45) is 0 Å². The minimum absolute atomic E-state index is 0.341. The Morgan fingerprint density at radius 3 is 2.33 bits per heavy atom. The van der Waals surface area contributed by atoms with Gasteiger partial charge in [0.1, 0.15) is 0 Å². The SMILES string of the molecule is C=CC(=O)OCCC.N#CC#N. The van der Waals surface area contributed by atoms with Crippen LogP contribution in [0.4, 0.5) is 0 Å². The Morgan fingerprint density at radius 2 is 2.08 bits per heavy atom. The number of nitriles is 2. The first-order valence-corrected chi connectivity index (χ1v) is 3.30. The van der Waals surface area contributed by atoms with Crippen LogP contribution in [0.25, 0.3) is 0 Å². The van der Waals surface area contributed by atoms with Crippen molar-refractivity contribution in [3.05, 3.63) is 12.7 Å². The van der Waals surface area contributed by atoms with E-state index in [1.807, 2.05) is 6.92 Å². The summed E-state index contributed by atoms with van der Waals surface area (Å²) in [5, 5.41) is 14.5. The molecule has 0 aliphatic rings. The number of nitrogens with zero attached hydrogens (tertiary/aromatic N) is 2. The Kier molecular flexibility index (Phi) is 12.7. The van der Waals surface area contributed by atoms with Crippen LogP contribution in [0.1, 0.15) is 13.3 Å². The fraction of sp³-hybridized carbons (Fsp3) is 0.375. The normalized spacial score (nSPS) is 6.25. The first kappa shape index (κ1) is 12.8. The van der Waals surface area contributed by atoms with Crippen molar-refractivity contribution < 1.29 is 9.53 Å². The van der Waals surface area contributed by atoms with Gasteiger partial charge in [0.05, 0.1) is 6.61 Å². The van der Waals surface area contributed by atoms with Crippen molar-refractivity contribution in [3.8, 4) is 12.1 Å². The summed E-state index contributed by atoms with van der Waals surface area (Å²) < 4.78 is 4.58. The zero-order valence-electron chi connectivity index (χ0n) is 6.91. The quantitative estimate of drug-likeness (QED) is 0.465. The summed E-state index contributed by atoms with van der Waals surface area (Å²) >= 11 is 0. The van der Waals surface area contributed by atoms with Gasteiger partial charge in [0.25, 0.3) is 0 Å². The molecule has 0 aliphatic heterocycles. The van der Waals surface area contributed by atoms with Crippen LogP contribution in [0.3, 0.4) is 0 Å². The average Bonchev–Trinajstić information content (AvgIpc) is 2.14. The van der Waals surface area contributed by atoms with Crippen LogP contribution in [-0.4, -0.2) is 12.6 Å². The Morgan fingerprint density at radius 1 is 1.58 bits per heavy atom. The Balaban J connectivity index is 0. The van der Waals surface area contributed by atoms with Gasteiger partial charge in [0.2, 0.25) is 0 Å². The van der Waals surface area contributed by atoms with Gasteiger partial charge in [-0.15, -0.1) is 0 Å². The molecule has 0 radical (unpaired) electrons. The van der Waals surface area contributed by atoms with Crippen molar-refractivity contribution in [3.63, 3.8) is 0 Å². The summed E-state index contributed by atoms with van der Waals surface area (Å²) in [4.78, 5) is 10.2. The van der Waals surface area contributed by atoms with E-state index in [2.05, 4.69) is 11.3 Å². The zero-order valence-corrected chi connectivity index (χ0v) is 6.91. The van der Waals surface area contributed by atoms with Gasteiger partial charge >= 0.3 is 5.97 Å². The highest BCUT2D eigenvalue weighted by Crippen LogP contribution is 1.81. The van der Waals surface area contributed by atoms with Crippen LogP contribution in [-0.2, 0) is 9.53 Å². The number of ether oxygens (including phenoxy) is 1. The molecule has 0 rings (SSSR count). The number of hydrogen-bond donors (Lipinski definition) is 0. The first-order valence-electron chi connectivity index (χ1n) is 3.30. The largest absolute Gasteiger partial charge is 0.463 e. The standard InChI is InChI=1S/C6H10O2.C2N2/c1-3-5-8-6(7)4-2;3-1-2-4/h4H,2-3,5H2,1H3;. The third-order valence-corrected chi connectivity index (χ3v) is 0.665. The number of carbonyl (C=O) groups is 1. The van der Waals surface area contributed by atoms with Gasteiger partial charge in [-0.1, -0.05) is 13.5 Å². The first-order chi connectivity index (χ1) is 5.72. The van der Waals surface area contributed by atoms with E-state index in [1.54, 1.807) is 0 Å². The maximum atomic E-state index is 10.2. The maximum Gasteiger partial charge on any atom is 0.330 e. The molecule has 0 aliphatic carbocycles. The van der Waals surface area contributed by atoms with Gasteiger partial charge in [-0.05, 0) is 6.42 Å². The zero-order chi connectivity index (χ0) is 9.82. The summed E-state index contributed by atoms with van der Waals surface area (Å²) in [6.45, 7) is 5.67. The lowest BCUT2D eigenvalue weighted by atomic mass is 10.5. The molecule has 0 heterocycles. The molecular formula is C8H10N2O2. The van der Waals surface area contributed by atoms with E-state index >= 15 is 0 Å². The van der Waals surface area contributed by atoms with E-state index in [0.717, 1.165) is 12.5 Å². The molecule has 0 atom stereocenters. The minimum atomic E-state index is -0.341. The molecule has 0 fully saturated rings. The average molecular weight is 166 g/mol. The molecule has 12 heavy (non-hydrogen) atoms. The number of rotatable bonds is 3. The fourth-order valence-electron chi connectivity index (χ4n) is 0.262. The molecule has 0 saturated carbocycles. The monoisotopic (exact) mass is 166 g/mol. The van der Waals surface area contributed by atoms with E-state index in [4.69, 9.17) is 10.5 Å². The van der Waals surface area contributed by atoms with Crippen molar-refractivity contribution >= 4 is 5.97 Å². The molecule has 0 saturated heterocycles. The Bertz CT molecular complexity index is 198. The second-order valence-electron chi connectivity index (χ2n) is 1.60. The molecule has 0 unspecified atom stereocenters. The van der Waals surface area contributed by atoms with Gasteiger partial charge in [-0.2, -0.15) is 10.5 Å². The van der Waals surface area contributed by atoms with Crippen LogP contribution in [0, 0.1) is 22.7 Å². The number of esters is 1. The van der Waals surface area contributed by atoms with Gasteiger partial charge < -0.3 is 4.74 Å². The molecule has 0 aromatic rings. The third-order valence-electron chi connectivity index (χ3n) is 0.665. The molecule has 0 bridgehead atoms. The molecule has 4 heteroatoms. The third kappa shape index (κ3) is 15.7. The van der Waals surface area contributed by atoms with E-state index in [0.29, 0.717) is 6.61 Å². The lowest BCUT2D eigenvalue weighted by Gasteiger charge is -1.94. The topological polar surface area (TPSA) is 73.9 Å². The lowest BCUT2D eigenvalue weighted by Crippen LogP contribution is -1.99. The Labute approximate surface area is 71.7 Å².